The van der Waals surface area contributed by atoms with Crippen molar-refractivity contribution in [1.82, 2.24) is 10.2 Å². The monoisotopic (exact) mass is 519 g/mol. The number of rotatable bonds is 9. The lowest BCUT2D eigenvalue weighted by Crippen LogP contribution is -2.39. The molecule has 0 saturated carbocycles. The summed E-state index contributed by atoms with van der Waals surface area (Å²) in [5.41, 5.74) is 12.7. The quantitative estimate of drug-likeness (QED) is 0.165. The Morgan fingerprint density at radius 3 is 2.58 bits per heavy atom. The molecule has 0 spiro atoms. The van der Waals surface area contributed by atoms with Gasteiger partial charge in [0.25, 0.3) is 5.91 Å². The van der Waals surface area contributed by atoms with E-state index in [1.807, 2.05) is 18.2 Å². The number of carbonyl (C=O) groups excluding carboxylic acids is 2. The van der Waals surface area contributed by atoms with Crippen LogP contribution in [0, 0.1) is 5.41 Å². The third-order valence-electron chi connectivity index (χ3n) is 5.93. The van der Waals surface area contributed by atoms with E-state index in [2.05, 4.69) is 22.3 Å². The Bertz CT molecular complexity index is 1250. The van der Waals surface area contributed by atoms with Crippen molar-refractivity contribution in [3.63, 3.8) is 0 Å². The number of hydrogen-bond donors (Lipinski definition) is 5. The standard InChI is InChI=1S/C21H25N3O3.C7H8N2O2/c1-26-20-11-19(8-7-17(20)12-22)27-15-21(25)23-18-9-10-24(14-18)13-16-5-3-2-4-6-16;8-5-3-4(7(9)11)1-2-6(5)10/h2-8,11-12,18,22H,9-10,13-15H2,1H3,(H,23,25);1-3,10H,8H2,(H2,9,11). The molecule has 1 aliphatic rings. The van der Waals surface area contributed by atoms with Crippen LogP contribution in [0.3, 0.4) is 0 Å². The second kappa shape index (κ2) is 13.7. The molecular weight excluding hydrogens is 486 g/mol. The molecule has 1 saturated heterocycles. The first-order chi connectivity index (χ1) is 18.3. The van der Waals surface area contributed by atoms with Crippen LogP contribution in [0.1, 0.15) is 27.9 Å². The van der Waals surface area contributed by atoms with Crippen LogP contribution >= 0.6 is 0 Å². The van der Waals surface area contributed by atoms with Gasteiger partial charge in [-0.25, -0.2) is 0 Å². The van der Waals surface area contributed by atoms with E-state index >= 15 is 0 Å². The summed E-state index contributed by atoms with van der Waals surface area (Å²) in [6, 6.07) is 19.7. The lowest BCUT2D eigenvalue weighted by Gasteiger charge is -2.17. The van der Waals surface area contributed by atoms with E-state index < -0.39 is 5.91 Å². The maximum atomic E-state index is 12.2. The van der Waals surface area contributed by atoms with Crippen molar-refractivity contribution >= 4 is 23.7 Å². The van der Waals surface area contributed by atoms with Crippen LogP contribution in [0.25, 0.3) is 0 Å². The Balaban J connectivity index is 0.000000304. The third-order valence-corrected chi connectivity index (χ3v) is 5.93. The number of carbonyl (C=O) groups is 2. The van der Waals surface area contributed by atoms with Crippen LogP contribution in [-0.2, 0) is 11.3 Å². The number of nitrogens with zero attached hydrogens (tertiary/aromatic N) is 1. The van der Waals surface area contributed by atoms with Crippen molar-refractivity contribution in [3.8, 4) is 17.2 Å². The maximum Gasteiger partial charge on any atom is 0.258 e. The smallest absolute Gasteiger partial charge is 0.258 e. The Hall–Kier alpha value is -4.57. The van der Waals surface area contributed by atoms with Crippen LogP contribution in [0.4, 0.5) is 5.69 Å². The van der Waals surface area contributed by atoms with E-state index in [1.54, 1.807) is 25.3 Å². The maximum absolute atomic E-state index is 12.2. The van der Waals surface area contributed by atoms with Crippen molar-refractivity contribution in [2.75, 3.05) is 32.5 Å². The molecule has 1 fully saturated rings. The number of phenols is 1. The predicted molar refractivity (Wildman–Crippen MR) is 146 cm³/mol. The molecule has 3 aromatic carbocycles. The number of methoxy groups -OCH3 is 1. The first-order valence-corrected chi connectivity index (χ1v) is 12.0. The molecule has 4 rings (SSSR count). The van der Waals surface area contributed by atoms with Crippen molar-refractivity contribution in [3.05, 3.63) is 83.4 Å². The van der Waals surface area contributed by atoms with E-state index in [0.717, 1.165) is 26.1 Å². The van der Waals surface area contributed by atoms with Crippen molar-refractivity contribution < 1.29 is 24.2 Å². The van der Waals surface area contributed by atoms with Crippen LogP contribution in [0.2, 0.25) is 0 Å². The zero-order valence-corrected chi connectivity index (χ0v) is 21.2. The number of nitrogen functional groups attached to an aromatic ring is 1. The summed E-state index contributed by atoms with van der Waals surface area (Å²) >= 11 is 0. The highest BCUT2D eigenvalue weighted by atomic mass is 16.5. The highest BCUT2D eigenvalue weighted by Gasteiger charge is 2.24. The number of amides is 2. The van der Waals surface area contributed by atoms with Crippen LogP contribution in [0.15, 0.2) is 66.7 Å². The molecule has 38 heavy (non-hydrogen) atoms. The predicted octanol–water partition coefficient (Wildman–Crippen LogP) is 2.54. The average Bonchev–Trinajstić information content (AvgIpc) is 3.36. The molecule has 1 aliphatic heterocycles. The van der Waals surface area contributed by atoms with Crippen molar-refractivity contribution in [1.29, 1.82) is 5.41 Å². The number of aromatic hydroxyl groups is 1. The number of benzene rings is 3. The van der Waals surface area contributed by atoms with Gasteiger partial charge in [-0.2, -0.15) is 0 Å². The van der Waals surface area contributed by atoms with Gasteiger partial charge >= 0.3 is 0 Å². The molecule has 3 aromatic rings. The van der Waals surface area contributed by atoms with Crippen LogP contribution in [-0.4, -0.2) is 60.9 Å². The molecular formula is C28H33N5O5. The molecule has 1 atom stereocenters. The Labute approximate surface area is 221 Å². The molecule has 200 valence electrons. The molecule has 1 unspecified atom stereocenters. The Morgan fingerprint density at radius 2 is 1.92 bits per heavy atom. The Morgan fingerprint density at radius 1 is 1.16 bits per heavy atom. The number of hydrogen-bond acceptors (Lipinski definition) is 8. The summed E-state index contributed by atoms with van der Waals surface area (Å²) in [6.07, 6.45) is 2.16. The summed E-state index contributed by atoms with van der Waals surface area (Å²) in [6.45, 7) is 2.69. The molecule has 10 nitrogen and oxygen atoms in total. The molecule has 0 aromatic heterocycles. The fourth-order valence-corrected chi connectivity index (χ4v) is 3.96. The van der Waals surface area contributed by atoms with Gasteiger partial charge in [0, 0.05) is 49.1 Å². The lowest BCUT2D eigenvalue weighted by atomic mass is 10.2. The van der Waals surface area contributed by atoms with Crippen molar-refractivity contribution in [2.45, 2.75) is 19.0 Å². The normalized spacial score (nSPS) is 14.6. The molecule has 1 heterocycles. The number of nitrogens with two attached hydrogens (primary N) is 2. The van der Waals surface area contributed by atoms with Gasteiger partial charge in [0.1, 0.15) is 17.2 Å². The van der Waals surface area contributed by atoms with Crippen LogP contribution in [0.5, 0.6) is 17.2 Å². The van der Waals surface area contributed by atoms with Gasteiger partial charge in [0.2, 0.25) is 5.91 Å². The second-order valence-corrected chi connectivity index (χ2v) is 8.75. The van der Waals surface area contributed by atoms with E-state index in [-0.39, 0.29) is 30.0 Å². The Kier molecular flexibility index (Phi) is 10.1. The molecule has 0 radical (unpaired) electrons. The zero-order valence-electron chi connectivity index (χ0n) is 21.2. The van der Waals surface area contributed by atoms with E-state index in [1.165, 1.54) is 30.0 Å². The molecule has 2 amide bonds. The second-order valence-electron chi connectivity index (χ2n) is 8.75. The van der Waals surface area contributed by atoms with Gasteiger partial charge < -0.3 is 36.8 Å². The number of anilines is 1. The first-order valence-electron chi connectivity index (χ1n) is 12.0. The van der Waals surface area contributed by atoms with Crippen molar-refractivity contribution in [2.24, 2.45) is 5.73 Å². The number of ether oxygens (including phenoxy) is 2. The number of nitrogens with one attached hydrogen (secondary N) is 2. The fourth-order valence-electron chi connectivity index (χ4n) is 3.96. The van der Waals surface area contributed by atoms with E-state index in [9.17, 15) is 9.59 Å². The first kappa shape index (κ1) is 28.0. The van der Waals surface area contributed by atoms with Gasteiger partial charge in [-0.05, 0) is 42.3 Å². The summed E-state index contributed by atoms with van der Waals surface area (Å²) in [4.78, 5) is 25.1. The van der Waals surface area contributed by atoms with Gasteiger partial charge in [-0.15, -0.1) is 0 Å². The summed E-state index contributed by atoms with van der Waals surface area (Å²) in [5.74, 6) is 0.364. The lowest BCUT2D eigenvalue weighted by molar-refractivity contribution is -0.123. The molecule has 10 heteroatoms. The largest absolute Gasteiger partial charge is 0.506 e. The summed E-state index contributed by atoms with van der Waals surface area (Å²) in [7, 11) is 1.54. The minimum absolute atomic E-state index is 0.0394. The number of primary amides is 1. The summed E-state index contributed by atoms with van der Waals surface area (Å²) in [5, 5.41) is 19.3. The molecule has 0 bridgehead atoms. The topological polar surface area (TPSA) is 164 Å². The van der Waals surface area contributed by atoms with Gasteiger partial charge in [0.05, 0.1) is 12.8 Å². The average molecular weight is 520 g/mol. The zero-order chi connectivity index (χ0) is 27.5. The van der Waals surface area contributed by atoms with Gasteiger partial charge in [0.15, 0.2) is 6.61 Å². The van der Waals surface area contributed by atoms with E-state index in [0.29, 0.717) is 22.6 Å². The molecule has 7 N–H and O–H groups in total. The highest BCUT2D eigenvalue weighted by molar-refractivity contribution is 5.94. The minimum atomic E-state index is -0.559. The third kappa shape index (κ3) is 8.24. The van der Waals surface area contributed by atoms with E-state index in [4.69, 9.17) is 31.5 Å². The van der Waals surface area contributed by atoms with Gasteiger partial charge in [-0.1, -0.05) is 30.3 Å². The fraction of sp³-hybridized carbons (Fsp3) is 0.250. The number of phenolic OH excluding ortho intramolecular Hbond substituents is 1. The summed E-state index contributed by atoms with van der Waals surface area (Å²) < 4.78 is 10.8. The van der Waals surface area contributed by atoms with Gasteiger partial charge in [-0.3, -0.25) is 14.5 Å². The SMILES string of the molecule is COc1cc(OCC(=O)NC2CCN(Cc3ccccc3)C2)ccc1C=N.NC(=O)c1ccc(O)c(N)c1. The van der Waals surface area contributed by atoms with Crippen LogP contribution < -0.4 is 26.3 Å². The molecule has 0 aliphatic carbocycles. The highest BCUT2D eigenvalue weighted by Crippen LogP contribution is 2.23. The number of likely N-dealkylation sites (tertiary alicyclic amines) is 1. The minimum Gasteiger partial charge on any atom is -0.506 e.